The summed E-state index contributed by atoms with van der Waals surface area (Å²) >= 11 is 0. The Labute approximate surface area is 218 Å². The predicted octanol–water partition coefficient (Wildman–Crippen LogP) is 5.13. The van der Waals surface area contributed by atoms with Gasteiger partial charge in [-0.15, -0.1) is 0 Å². The molecule has 3 aromatic heterocycles. The lowest BCUT2D eigenvalue weighted by atomic mass is 9.90. The van der Waals surface area contributed by atoms with Crippen LogP contribution in [0.4, 0.5) is 0 Å². The van der Waals surface area contributed by atoms with E-state index in [1.54, 1.807) is 12.4 Å². The topological polar surface area (TPSA) is 84.2 Å². The number of nitrogens with one attached hydrogen (secondary N) is 1. The van der Waals surface area contributed by atoms with Gasteiger partial charge in [-0.2, -0.15) is 0 Å². The Kier molecular flexibility index (Phi) is 7.70. The standard InChI is InChI=1S/C30H33N5O2/c1-21-11-14-32-22(2)28(21)30(36)34-17-23-6-3-7-24(16-23)19-35(15-12-26-18-31-20-37-26)27-10-4-8-25-9-5-13-33-29(25)27/h3,5-7,9,11,13-14,16,18,20,27H,4,8,10,12,15,17,19H2,1-2H3,(H,34,36). The Balaban J connectivity index is 1.32. The van der Waals surface area contributed by atoms with Gasteiger partial charge >= 0.3 is 0 Å². The molecule has 0 saturated carbocycles. The maximum atomic E-state index is 12.9. The number of rotatable bonds is 9. The fraction of sp³-hybridized carbons (Fsp3) is 0.333. The molecule has 7 heteroatoms. The Morgan fingerprint density at radius 3 is 2.84 bits per heavy atom. The van der Waals surface area contributed by atoms with Crippen LogP contribution in [0.1, 0.15) is 68.6 Å². The monoisotopic (exact) mass is 495 g/mol. The van der Waals surface area contributed by atoms with Crippen molar-refractivity contribution < 1.29 is 9.21 Å². The average molecular weight is 496 g/mol. The summed E-state index contributed by atoms with van der Waals surface area (Å²) in [6, 6.07) is 14.8. The van der Waals surface area contributed by atoms with Crippen LogP contribution in [0.25, 0.3) is 0 Å². The van der Waals surface area contributed by atoms with Crippen LogP contribution in [0.5, 0.6) is 0 Å². The first-order valence-corrected chi connectivity index (χ1v) is 12.9. The van der Waals surface area contributed by atoms with Crippen molar-refractivity contribution in [3.8, 4) is 0 Å². The third-order valence-corrected chi connectivity index (χ3v) is 7.14. The first-order chi connectivity index (χ1) is 18.1. The average Bonchev–Trinajstić information content (AvgIpc) is 3.43. The van der Waals surface area contributed by atoms with Crippen LogP contribution in [0, 0.1) is 13.8 Å². The van der Waals surface area contributed by atoms with E-state index in [1.807, 2.05) is 32.2 Å². The lowest BCUT2D eigenvalue weighted by Gasteiger charge is -2.35. The third kappa shape index (κ3) is 5.94. The molecule has 0 fully saturated rings. The number of carbonyl (C=O) groups is 1. The predicted molar refractivity (Wildman–Crippen MR) is 142 cm³/mol. The zero-order valence-electron chi connectivity index (χ0n) is 21.5. The molecule has 5 rings (SSSR count). The molecule has 1 unspecified atom stereocenters. The smallest absolute Gasteiger partial charge is 0.253 e. The van der Waals surface area contributed by atoms with Gasteiger partial charge in [0.05, 0.1) is 29.2 Å². The molecule has 190 valence electrons. The lowest BCUT2D eigenvalue weighted by Crippen LogP contribution is -2.33. The van der Waals surface area contributed by atoms with Gasteiger partial charge < -0.3 is 9.73 Å². The van der Waals surface area contributed by atoms with Crippen molar-refractivity contribution in [3.05, 3.63) is 112 Å². The second-order valence-electron chi connectivity index (χ2n) is 9.73. The number of oxazole rings is 1. The van der Waals surface area contributed by atoms with Crippen LogP contribution in [-0.2, 0) is 25.9 Å². The van der Waals surface area contributed by atoms with E-state index >= 15 is 0 Å². The van der Waals surface area contributed by atoms with Crippen LogP contribution in [0.3, 0.4) is 0 Å². The molecular formula is C30H33N5O2. The van der Waals surface area contributed by atoms with Crippen molar-refractivity contribution in [1.29, 1.82) is 0 Å². The molecule has 4 aromatic rings. The highest BCUT2D eigenvalue weighted by Crippen LogP contribution is 2.34. The minimum Gasteiger partial charge on any atom is -0.448 e. The summed E-state index contributed by atoms with van der Waals surface area (Å²) in [4.78, 5) is 28.5. The van der Waals surface area contributed by atoms with Gasteiger partial charge in [-0.1, -0.05) is 30.3 Å². The van der Waals surface area contributed by atoms with Crippen molar-refractivity contribution in [1.82, 2.24) is 25.2 Å². The van der Waals surface area contributed by atoms with Gasteiger partial charge in [0.25, 0.3) is 5.91 Å². The van der Waals surface area contributed by atoms with E-state index in [0.717, 1.165) is 61.4 Å². The van der Waals surface area contributed by atoms with Gasteiger partial charge in [0, 0.05) is 38.4 Å². The Bertz CT molecular complexity index is 1330. The first-order valence-electron chi connectivity index (χ1n) is 12.9. The second-order valence-corrected chi connectivity index (χ2v) is 9.73. The number of amides is 1. The highest BCUT2D eigenvalue weighted by Gasteiger charge is 2.27. The minimum atomic E-state index is -0.0907. The summed E-state index contributed by atoms with van der Waals surface area (Å²) in [7, 11) is 0. The zero-order valence-corrected chi connectivity index (χ0v) is 21.5. The minimum absolute atomic E-state index is 0.0907. The molecule has 1 amide bonds. The van der Waals surface area contributed by atoms with E-state index in [2.05, 4.69) is 50.5 Å². The lowest BCUT2D eigenvalue weighted by molar-refractivity contribution is 0.0949. The molecule has 1 atom stereocenters. The highest BCUT2D eigenvalue weighted by atomic mass is 16.3. The quantitative estimate of drug-likeness (QED) is 0.346. The summed E-state index contributed by atoms with van der Waals surface area (Å²) in [5.41, 5.74) is 7.15. The van der Waals surface area contributed by atoms with Gasteiger partial charge in [-0.25, -0.2) is 4.98 Å². The maximum absolute atomic E-state index is 12.9. The normalized spacial score (nSPS) is 14.9. The maximum Gasteiger partial charge on any atom is 0.253 e. The first kappa shape index (κ1) is 24.8. The van der Waals surface area contributed by atoms with Gasteiger partial charge in [0.15, 0.2) is 6.39 Å². The fourth-order valence-electron chi connectivity index (χ4n) is 5.29. The van der Waals surface area contributed by atoms with Crippen molar-refractivity contribution in [2.75, 3.05) is 6.54 Å². The Morgan fingerprint density at radius 2 is 2.00 bits per heavy atom. The number of nitrogens with zero attached hydrogens (tertiary/aromatic N) is 4. The van der Waals surface area contributed by atoms with Crippen LogP contribution < -0.4 is 5.32 Å². The van der Waals surface area contributed by atoms with E-state index in [1.165, 1.54) is 23.2 Å². The number of aromatic nitrogens is 3. The molecule has 0 saturated heterocycles. The van der Waals surface area contributed by atoms with Crippen LogP contribution in [0.15, 0.2) is 71.9 Å². The number of fused-ring (bicyclic) bond motifs is 1. The number of hydrogen-bond acceptors (Lipinski definition) is 6. The van der Waals surface area contributed by atoms with E-state index in [9.17, 15) is 4.79 Å². The molecule has 0 radical (unpaired) electrons. The van der Waals surface area contributed by atoms with Gasteiger partial charge in [-0.3, -0.25) is 19.7 Å². The van der Waals surface area contributed by atoms with Crippen LogP contribution >= 0.6 is 0 Å². The van der Waals surface area contributed by atoms with E-state index < -0.39 is 0 Å². The molecule has 1 N–H and O–H groups in total. The number of carbonyl (C=O) groups excluding carboxylic acids is 1. The summed E-state index contributed by atoms with van der Waals surface area (Å²) < 4.78 is 5.52. The molecular weight excluding hydrogens is 462 g/mol. The van der Waals surface area contributed by atoms with Crippen molar-refractivity contribution in [2.45, 2.75) is 58.7 Å². The third-order valence-electron chi connectivity index (χ3n) is 7.14. The molecule has 0 bridgehead atoms. The molecule has 0 aliphatic heterocycles. The van der Waals surface area contributed by atoms with E-state index in [-0.39, 0.29) is 11.9 Å². The van der Waals surface area contributed by atoms with Gasteiger partial charge in [0.2, 0.25) is 0 Å². The Morgan fingerprint density at radius 1 is 1.11 bits per heavy atom. The molecule has 7 nitrogen and oxygen atoms in total. The van der Waals surface area contributed by atoms with Gasteiger partial charge in [-0.05, 0) is 67.5 Å². The number of benzene rings is 1. The summed E-state index contributed by atoms with van der Waals surface area (Å²) in [5.74, 6) is 0.798. The number of aryl methyl sites for hydroxylation is 3. The zero-order chi connectivity index (χ0) is 25.6. The molecule has 1 aliphatic rings. The van der Waals surface area contributed by atoms with Crippen molar-refractivity contribution in [3.63, 3.8) is 0 Å². The number of pyridine rings is 2. The molecule has 1 aliphatic carbocycles. The van der Waals surface area contributed by atoms with Crippen molar-refractivity contribution >= 4 is 5.91 Å². The van der Waals surface area contributed by atoms with E-state index in [0.29, 0.717) is 12.1 Å². The van der Waals surface area contributed by atoms with Crippen LogP contribution in [-0.4, -0.2) is 32.3 Å². The molecule has 37 heavy (non-hydrogen) atoms. The Hall–Kier alpha value is -3.84. The largest absolute Gasteiger partial charge is 0.448 e. The summed E-state index contributed by atoms with van der Waals surface area (Å²) in [6.07, 6.45) is 11.0. The van der Waals surface area contributed by atoms with E-state index in [4.69, 9.17) is 9.40 Å². The van der Waals surface area contributed by atoms with Gasteiger partial charge in [0.1, 0.15) is 5.76 Å². The summed E-state index contributed by atoms with van der Waals surface area (Å²) in [5, 5.41) is 3.08. The van der Waals surface area contributed by atoms with Crippen molar-refractivity contribution in [2.24, 2.45) is 0 Å². The SMILES string of the molecule is Cc1ccnc(C)c1C(=O)NCc1cccc(CN(CCc2cnco2)C2CCCc3cccnc32)c1. The summed E-state index contributed by atoms with van der Waals surface area (Å²) in [6.45, 7) is 5.91. The number of hydrogen-bond donors (Lipinski definition) is 1. The molecule has 3 heterocycles. The highest BCUT2D eigenvalue weighted by molar-refractivity contribution is 5.96. The fourth-order valence-corrected chi connectivity index (χ4v) is 5.29. The second kappa shape index (κ2) is 11.5. The van der Waals surface area contributed by atoms with Crippen LogP contribution in [0.2, 0.25) is 0 Å². The molecule has 1 aromatic carbocycles. The molecule has 0 spiro atoms.